The van der Waals surface area contributed by atoms with Crippen LogP contribution in [0.25, 0.3) is 0 Å². The third-order valence-corrected chi connectivity index (χ3v) is 4.18. The van der Waals surface area contributed by atoms with Gasteiger partial charge in [0.15, 0.2) is 0 Å². The maximum absolute atomic E-state index is 11.9. The van der Waals surface area contributed by atoms with Gasteiger partial charge in [-0.2, -0.15) is 5.26 Å². The van der Waals surface area contributed by atoms with Crippen molar-refractivity contribution in [3.8, 4) is 6.07 Å². The van der Waals surface area contributed by atoms with Gasteiger partial charge in [0.2, 0.25) is 10.0 Å². The van der Waals surface area contributed by atoms with Gasteiger partial charge in [-0.15, -0.1) is 0 Å². The van der Waals surface area contributed by atoms with Crippen LogP contribution in [-0.2, 0) is 10.0 Å². The highest BCUT2D eigenvalue weighted by Gasteiger charge is 2.36. The van der Waals surface area contributed by atoms with E-state index in [1.54, 1.807) is 12.1 Å². The maximum atomic E-state index is 11.9. The van der Waals surface area contributed by atoms with Crippen LogP contribution in [-0.4, -0.2) is 14.5 Å². The SMILES string of the molecule is CC1CC1NS(=O)(=O)c1cccc(C#N)c1. The van der Waals surface area contributed by atoms with E-state index in [0.717, 1.165) is 6.42 Å². The summed E-state index contributed by atoms with van der Waals surface area (Å²) in [7, 11) is -3.46. The summed E-state index contributed by atoms with van der Waals surface area (Å²) in [4.78, 5) is 0.158. The fraction of sp³-hybridized carbons (Fsp3) is 0.364. The molecule has 1 saturated carbocycles. The van der Waals surface area contributed by atoms with Crippen LogP contribution >= 0.6 is 0 Å². The van der Waals surface area contributed by atoms with E-state index >= 15 is 0 Å². The average Bonchev–Trinajstić information content (AvgIpc) is 2.93. The minimum absolute atomic E-state index is 0.0516. The molecule has 1 aliphatic carbocycles. The zero-order valence-corrected chi connectivity index (χ0v) is 9.66. The van der Waals surface area contributed by atoms with Gasteiger partial charge in [0.05, 0.1) is 16.5 Å². The van der Waals surface area contributed by atoms with E-state index in [1.807, 2.05) is 13.0 Å². The minimum atomic E-state index is -3.46. The fourth-order valence-corrected chi connectivity index (χ4v) is 2.89. The summed E-state index contributed by atoms with van der Waals surface area (Å²) in [5.74, 6) is 0.411. The summed E-state index contributed by atoms with van der Waals surface area (Å²) in [6.07, 6.45) is 0.886. The third kappa shape index (κ3) is 2.23. The van der Waals surface area contributed by atoms with Gasteiger partial charge in [-0.3, -0.25) is 0 Å². The molecule has 2 rings (SSSR count). The predicted molar refractivity (Wildman–Crippen MR) is 59.0 cm³/mol. The number of nitrogens with one attached hydrogen (secondary N) is 1. The number of sulfonamides is 1. The van der Waals surface area contributed by atoms with E-state index in [0.29, 0.717) is 11.5 Å². The molecule has 2 unspecified atom stereocenters. The molecule has 1 aliphatic rings. The first-order valence-electron chi connectivity index (χ1n) is 5.05. The number of hydrogen-bond acceptors (Lipinski definition) is 3. The molecule has 0 spiro atoms. The summed E-state index contributed by atoms with van der Waals surface area (Å²) >= 11 is 0. The van der Waals surface area contributed by atoms with Crippen LogP contribution in [0, 0.1) is 17.2 Å². The lowest BCUT2D eigenvalue weighted by Gasteiger charge is -2.05. The van der Waals surface area contributed by atoms with Crippen LogP contribution in [0.5, 0.6) is 0 Å². The Morgan fingerprint density at radius 1 is 1.50 bits per heavy atom. The molecule has 0 aliphatic heterocycles. The monoisotopic (exact) mass is 236 g/mol. The van der Waals surface area contributed by atoms with E-state index in [1.165, 1.54) is 12.1 Å². The molecule has 1 aromatic rings. The van der Waals surface area contributed by atoms with Gasteiger partial charge in [-0.25, -0.2) is 13.1 Å². The van der Waals surface area contributed by atoms with Crippen LogP contribution in [0.3, 0.4) is 0 Å². The molecule has 0 amide bonds. The molecule has 5 heteroatoms. The van der Waals surface area contributed by atoms with Crippen molar-refractivity contribution in [2.45, 2.75) is 24.3 Å². The summed E-state index contributed by atoms with van der Waals surface area (Å²) in [5.41, 5.74) is 0.353. The Balaban J connectivity index is 2.25. The van der Waals surface area contributed by atoms with Crippen molar-refractivity contribution in [2.24, 2.45) is 5.92 Å². The Kier molecular flexibility index (Phi) is 2.70. The van der Waals surface area contributed by atoms with E-state index in [9.17, 15) is 8.42 Å². The Labute approximate surface area is 95.0 Å². The molecule has 0 heterocycles. The second-order valence-corrected chi connectivity index (χ2v) is 5.79. The smallest absolute Gasteiger partial charge is 0.208 e. The Morgan fingerprint density at radius 3 is 2.75 bits per heavy atom. The van der Waals surface area contributed by atoms with Gasteiger partial charge >= 0.3 is 0 Å². The first-order chi connectivity index (χ1) is 7.53. The molecular weight excluding hydrogens is 224 g/mol. The highest BCUT2D eigenvalue weighted by atomic mass is 32.2. The van der Waals surface area contributed by atoms with Crippen LogP contribution < -0.4 is 4.72 Å². The lowest BCUT2D eigenvalue weighted by Crippen LogP contribution is -2.26. The third-order valence-electron chi connectivity index (χ3n) is 2.69. The van der Waals surface area contributed by atoms with E-state index in [4.69, 9.17) is 5.26 Å². The van der Waals surface area contributed by atoms with E-state index < -0.39 is 10.0 Å². The molecular formula is C11H12N2O2S. The minimum Gasteiger partial charge on any atom is -0.208 e. The molecule has 0 saturated heterocycles. The summed E-state index contributed by atoms with van der Waals surface area (Å²) < 4.78 is 26.4. The molecule has 16 heavy (non-hydrogen) atoms. The normalized spacial score (nSPS) is 23.8. The molecule has 0 aromatic heterocycles. The largest absolute Gasteiger partial charge is 0.240 e. The molecule has 4 nitrogen and oxygen atoms in total. The predicted octanol–water partition coefficient (Wildman–Crippen LogP) is 1.24. The Bertz CT molecular complexity index is 545. The maximum Gasteiger partial charge on any atom is 0.240 e. The Hall–Kier alpha value is -1.38. The highest BCUT2D eigenvalue weighted by molar-refractivity contribution is 7.89. The summed E-state index contributed by atoms with van der Waals surface area (Å²) in [6.45, 7) is 2.00. The van der Waals surface area contributed by atoms with Crippen LogP contribution in [0.15, 0.2) is 29.2 Å². The zero-order chi connectivity index (χ0) is 11.8. The lowest BCUT2D eigenvalue weighted by atomic mass is 10.2. The first-order valence-corrected chi connectivity index (χ1v) is 6.54. The van der Waals surface area contributed by atoms with Crippen molar-refractivity contribution in [3.05, 3.63) is 29.8 Å². The molecule has 1 aromatic carbocycles. The molecule has 84 valence electrons. The van der Waals surface area contributed by atoms with Gasteiger partial charge in [0.25, 0.3) is 0 Å². The van der Waals surface area contributed by atoms with E-state index in [2.05, 4.69) is 4.72 Å². The van der Waals surface area contributed by atoms with Gasteiger partial charge in [-0.05, 0) is 30.5 Å². The fourth-order valence-electron chi connectivity index (χ4n) is 1.49. The van der Waals surface area contributed by atoms with Gasteiger partial charge in [0, 0.05) is 6.04 Å². The van der Waals surface area contributed by atoms with Crippen molar-refractivity contribution >= 4 is 10.0 Å². The molecule has 0 bridgehead atoms. The van der Waals surface area contributed by atoms with Crippen LogP contribution in [0.2, 0.25) is 0 Å². The standard InChI is InChI=1S/C11H12N2O2S/c1-8-5-11(8)13-16(14,15)10-4-2-3-9(6-10)7-12/h2-4,6,8,11,13H,5H2,1H3. The van der Waals surface area contributed by atoms with Crippen molar-refractivity contribution in [3.63, 3.8) is 0 Å². The van der Waals surface area contributed by atoms with Crippen molar-refractivity contribution in [2.75, 3.05) is 0 Å². The number of benzene rings is 1. The summed E-state index contributed by atoms with van der Waals surface area (Å²) in [5, 5.41) is 8.70. The van der Waals surface area contributed by atoms with Gasteiger partial charge in [-0.1, -0.05) is 13.0 Å². The highest BCUT2D eigenvalue weighted by Crippen LogP contribution is 2.30. The lowest BCUT2D eigenvalue weighted by molar-refractivity contribution is 0.578. The average molecular weight is 236 g/mol. The summed E-state index contributed by atoms with van der Waals surface area (Å²) in [6, 6.07) is 8.01. The first kappa shape index (κ1) is 11.1. The molecule has 0 radical (unpaired) electrons. The van der Waals surface area contributed by atoms with Gasteiger partial charge < -0.3 is 0 Å². The number of hydrogen-bond donors (Lipinski definition) is 1. The van der Waals surface area contributed by atoms with Crippen LogP contribution in [0.1, 0.15) is 18.9 Å². The van der Waals surface area contributed by atoms with Crippen molar-refractivity contribution in [1.29, 1.82) is 5.26 Å². The quantitative estimate of drug-likeness (QED) is 0.858. The molecule has 2 atom stereocenters. The number of rotatable bonds is 3. The molecule has 1 fully saturated rings. The van der Waals surface area contributed by atoms with E-state index in [-0.39, 0.29) is 10.9 Å². The number of nitriles is 1. The van der Waals surface area contributed by atoms with Crippen molar-refractivity contribution in [1.82, 2.24) is 4.72 Å². The second kappa shape index (κ2) is 3.89. The number of nitrogens with zero attached hydrogens (tertiary/aromatic N) is 1. The van der Waals surface area contributed by atoms with Crippen molar-refractivity contribution < 1.29 is 8.42 Å². The molecule has 1 N–H and O–H groups in total. The topological polar surface area (TPSA) is 70.0 Å². The van der Waals surface area contributed by atoms with Crippen LogP contribution in [0.4, 0.5) is 0 Å². The Morgan fingerprint density at radius 2 is 2.19 bits per heavy atom. The van der Waals surface area contributed by atoms with Gasteiger partial charge in [0.1, 0.15) is 0 Å². The second-order valence-electron chi connectivity index (χ2n) is 4.08. The zero-order valence-electron chi connectivity index (χ0n) is 8.84.